The minimum atomic E-state index is -1.62. The van der Waals surface area contributed by atoms with E-state index >= 15 is 0 Å². The topological polar surface area (TPSA) is 209 Å². The molecule has 0 spiro atoms. The minimum Gasteiger partial charge on any atom is -0.394 e. The van der Waals surface area contributed by atoms with Crippen molar-refractivity contribution in [2.45, 2.75) is 153 Å². The third-order valence-electron chi connectivity index (χ3n) is 8.40. The zero-order valence-corrected chi connectivity index (χ0v) is 27.5. The Bertz CT molecular complexity index is 586. The van der Waals surface area contributed by atoms with Gasteiger partial charge < -0.3 is 60.9 Å². The van der Waals surface area contributed by atoms with Gasteiger partial charge in [-0.25, -0.2) is 0 Å². The van der Waals surface area contributed by atoms with Gasteiger partial charge in [-0.2, -0.15) is 0 Å². The highest BCUT2D eigenvalue weighted by Gasteiger charge is 2.32. The SMILES string of the molecule is CCCCCCN(CCCCCCCCN(CCCCCC)CC(O)C(O)C(O)C(O)CO)CC(O)C(O)C(O)C(O)CO. The maximum absolute atomic E-state index is 10.5. The van der Waals surface area contributed by atoms with Gasteiger partial charge in [-0.3, -0.25) is 0 Å². The first-order chi connectivity index (χ1) is 21.0. The number of hydrogen-bond acceptors (Lipinski definition) is 12. The van der Waals surface area contributed by atoms with Crippen LogP contribution < -0.4 is 0 Å². The van der Waals surface area contributed by atoms with Crippen molar-refractivity contribution in [3.63, 3.8) is 0 Å². The van der Waals surface area contributed by atoms with Gasteiger partial charge in [-0.05, 0) is 51.9 Å². The van der Waals surface area contributed by atoms with Gasteiger partial charge in [0.15, 0.2) is 0 Å². The summed E-state index contributed by atoms with van der Waals surface area (Å²) in [6.45, 7) is 6.27. The molecule has 0 saturated heterocycles. The van der Waals surface area contributed by atoms with E-state index < -0.39 is 62.0 Å². The summed E-state index contributed by atoms with van der Waals surface area (Å²) in [4.78, 5) is 4.18. The quantitative estimate of drug-likeness (QED) is 0.0453. The van der Waals surface area contributed by atoms with Crippen molar-refractivity contribution in [2.75, 3.05) is 52.5 Å². The lowest BCUT2D eigenvalue weighted by Crippen LogP contribution is -2.50. The van der Waals surface area contributed by atoms with E-state index in [4.69, 9.17) is 10.2 Å². The van der Waals surface area contributed by atoms with E-state index in [-0.39, 0.29) is 13.1 Å². The molecule has 0 saturated carbocycles. The average Bonchev–Trinajstić information content (AvgIpc) is 3.03. The maximum atomic E-state index is 10.5. The third-order valence-corrected chi connectivity index (χ3v) is 8.40. The Hall–Kier alpha value is -0.480. The molecular weight excluding hydrogens is 572 g/mol. The highest BCUT2D eigenvalue weighted by atomic mass is 16.4. The lowest BCUT2D eigenvalue weighted by molar-refractivity contribution is -0.119. The van der Waals surface area contributed by atoms with Gasteiger partial charge in [0.2, 0.25) is 0 Å². The van der Waals surface area contributed by atoms with Crippen LogP contribution in [-0.4, -0.2) is 162 Å². The molecule has 8 atom stereocenters. The third kappa shape index (κ3) is 19.9. The van der Waals surface area contributed by atoms with E-state index in [2.05, 4.69) is 23.6 Å². The Morgan fingerprint density at radius 3 is 0.886 bits per heavy atom. The summed E-state index contributed by atoms with van der Waals surface area (Å²) >= 11 is 0. The summed E-state index contributed by atoms with van der Waals surface area (Å²) in [6.07, 6.45) is 2.67. The largest absolute Gasteiger partial charge is 0.394 e. The molecule has 0 aromatic heterocycles. The van der Waals surface area contributed by atoms with Crippen LogP contribution in [0.1, 0.15) is 104 Å². The molecule has 12 nitrogen and oxygen atoms in total. The average molecular weight is 641 g/mol. The summed E-state index contributed by atoms with van der Waals surface area (Å²) in [5.41, 5.74) is 0. The monoisotopic (exact) mass is 640 g/mol. The predicted molar refractivity (Wildman–Crippen MR) is 171 cm³/mol. The molecule has 12 heteroatoms. The maximum Gasteiger partial charge on any atom is 0.111 e. The normalized spacial score (nSPS) is 17.9. The van der Waals surface area contributed by atoms with Crippen molar-refractivity contribution in [3.8, 4) is 0 Å². The number of aliphatic hydroxyl groups is 10. The summed E-state index contributed by atoms with van der Waals surface area (Å²) in [7, 11) is 0. The van der Waals surface area contributed by atoms with Gasteiger partial charge >= 0.3 is 0 Å². The lowest BCUT2D eigenvalue weighted by Gasteiger charge is -2.30. The van der Waals surface area contributed by atoms with Gasteiger partial charge in [0.1, 0.15) is 36.6 Å². The molecule has 0 heterocycles. The minimum absolute atomic E-state index is 0.174. The first kappa shape index (κ1) is 43.5. The Balaban J connectivity index is 4.63. The fraction of sp³-hybridized carbons (Fsp3) is 1.00. The van der Waals surface area contributed by atoms with Crippen LogP contribution in [0.2, 0.25) is 0 Å². The standard InChI is InChI=1S/C32H68N2O10/c1-3-5-7-13-17-33(21-25(37)29(41)31(43)27(39)23-35)19-15-11-9-10-12-16-20-34(18-14-8-6-4-2)22-26(38)30(42)32(44)28(40)24-36/h25-32,35-44H,3-24H2,1-2H3. The molecule has 10 N–H and O–H groups in total. The van der Waals surface area contributed by atoms with Gasteiger partial charge in [0.25, 0.3) is 0 Å². The van der Waals surface area contributed by atoms with E-state index in [1.54, 1.807) is 0 Å². The van der Waals surface area contributed by atoms with Crippen LogP contribution in [0.25, 0.3) is 0 Å². The zero-order valence-electron chi connectivity index (χ0n) is 27.5. The first-order valence-electron chi connectivity index (χ1n) is 17.1. The second-order valence-electron chi connectivity index (χ2n) is 12.4. The van der Waals surface area contributed by atoms with Crippen LogP contribution in [0.5, 0.6) is 0 Å². The van der Waals surface area contributed by atoms with E-state index in [9.17, 15) is 40.9 Å². The Morgan fingerprint density at radius 2 is 0.614 bits per heavy atom. The van der Waals surface area contributed by atoms with E-state index in [0.717, 1.165) is 116 Å². The number of hydrogen-bond donors (Lipinski definition) is 10. The molecule has 44 heavy (non-hydrogen) atoms. The second-order valence-corrected chi connectivity index (χ2v) is 12.4. The van der Waals surface area contributed by atoms with Crippen molar-refractivity contribution >= 4 is 0 Å². The predicted octanol–water partition coefficient (Wildman–Crippen LogP) is -0.0366. The first-order valence-corrected chi connectivity index (χ1v) is 17.1. The summed E-state index contributed by atoms with van der Waals surface area (Å²) in [5.74, 6) is 0. The van der Waals surface area contributed by atoms with Crippen LogP contribution in [0.3, 0.4) is 0 Å². The Morgan fingerprint density at radius 1 is 0.364 bits per heavy atom. The van der Waals surface area contributed by atoms with Crippen molar-refractivity contribution in [3.05, 3.63) is 0 Å². The van der Waals surface area contributed by atoms with Gasteiger partial charge in [-0.1, -0.05) is 78.1 Å². The number of unbranched alkanes of at least 4 members (excludes halogenated alkanes) is 11. The smallest absolute Gasteiger partial charge is 0.111 e. The lowest BCUT2D eigenvalue weighted by atomic mass is 10.0. The highest BCUT2D eigenvalue weighted by molar-refractivity contribution is 4.83. The summed E-state index contributed by atoms with van der Waals surface area (Å²) < 4.78 is 0. The summed E-state index contributed by atoms with van der Waals surface area (Å²) in [6, 6.07) is 0. The van der Waals surface area contributed by atoms with Crippen LogP contribution in [0.4, 0.5) is 0 Å². The van der Waals surface area contributed by atoms with Crippen LogP contribution in [0.15, 0.2) is 0 Å². The molecule has 0 aliphatic carbocycles. The molecule has 0 amide bonds. The van der Waals surface area contributed by atoms with Gasteiger partial charge in [0, 0.05) is 13.1 Å². The van der Waals surface area contributed by atoms with Crippen LogP contribution in [-0.2, 0) is 0 Å². The molecule has 0 aromatic rings. The molecule has 8 unspecified atom stereocenters. The fourth-order valence-electron chi connectivity index (χ4n) is 5.36. The van der Waals surface area contributed by atoms with E-state index in [1.807, 2.05) is 0 Å². The van der Waals surface area contributed by atoms with Crippen molar-refractivity contribution in [1.82, 2.24) is 9.80 Å². The van der Waals surface area contributed by atoms with Gasteiger partial charge in [-0.15, -0.1) is 0 Å². The molecule has 0 rings (SSSR count). The van der Waals surface area contributed by atoms with Crippen LogP contribution in [0, 0.1) is 0 Å². The summed E-state index contributed by atoms with van der Waals surface area (Å²) in [5, 5.41) is 98.5. The molecule has 0 fully saturated rings. The van der Waals surface area contributed by atoms with E-state index in [0.29, 0.717) is 0 Å². The van der Waals surface area contributed by atoms with Crippen molar-refractivity contribution in [2.24, 2.45) is 0 Å². The molecule has 0 aliphatic heterocycles. The number of nitrogens with zero attached hydrogens (tertiary/aromatic N) is 2. The zero-order chi connectivity index (χ0) is 33.3. The molecule has 0 radical (unpaired) electrons. The molecular formula is C32H68N2O10. The van der Waals surface area contributed by atoms with Crippen molar-refractivity contribution < 1.29 is 51.1 Å². The van der Waals surface area contributed by atoms with Gasteiger partial charge in [0.05, 0.1) is 25.4 Å². The Kier molecular flexibility index (Phi) is 27.3. The van der Waals surface area contributed by atoms with Crippen LogP contribution >= 0.6 is 0 Å². The molecule has 0 bridgehead atoms. The Labute approximate surface area is 266 Å². The number of aliphatic hydroxyl groups excluding tert-OH is 10. The van der Waals surface area contributed by atoms with E-state index in [1.165, 1.54) is 0 Å². The van der Waals surface area contributed by atoms with Crippen molar-refractivity contribution in [1.29, 1.82) is 0 Å². The second kappa shape index (κ2) is 27.6. The fourth-order valence-corrected chi connectivity index (χ4v) is 5.36. The molecule has 266 valence electrons. The molecule has 0 aliphatic rings. The highest BCUT2D eigenvalue weighted by Crippen LogP contribution is 2.13. The molecule has 0 aromatic carbocycles. The number of rotatable bonds is 31.